The standard InChI is InChI=1S/C13H18N6OS/c1-2-14-13-15-9-11(21-13)12(20)18-6-3-10(4-7-18)19-8-5-16-17-19/h5,8-10H,2-4,6-7H2,1H3,(H,14,15). The van der Waals surface area contributed by atoms with Gasteiger partial charge in [-0.05, 0) is 19.8 Å². The van der Waals surface area contributed by atoms with Crippen LogP contribution < -0.4 is 5.32 Å². The van der Waals surface area contributed by atoms with Gasteiger partial charge in [-0.25, -0.2) is 9.67 Å². The van der Waals surface area contributed by atoms with E-state index in [1.54, 1.807) is 12.4 Å². The number of rotatable bonds is 4. The lowest BCUT2D eigenvalue weighted by molar-refractivity contribution is 0.0694. The van der Waals surface area contributed by atoms with Crippen LogP contribution in [0.4, 0.5) is 5.13 Å². The van der Waals surface area contributed by atoms with E-state index in [1.165, 1.54) is 11.3 Å². The fourth-order valence-corrected chi connectivity index (χ4v) is 3.36. The third-order valence-corrected chi connectivity index (χ3v) is 4.55. The SMILES string of the molecule is CCNc1ncc(C(=O)N2CCC(n3ccnn3)CC2)s1. The number of hydrogen-bond donors (Lipinski definition) is 1. The molecule has 3 rings (SSSR count). The van der Waals surface area contributed by atoms with Crippen molar-refractivity contribution in [1.29, 1.82) is 0 Å². The summed E-state index contributed by atoms with van der Waals surface area (Å²) < 4.78 is 1.89. The van der Waals surface area contributed by atoms with Crippen molar-refractivity contribution in [1.82, 2.24) is 24.9 Å². The molecule has 7 nitrogen and oxygen atoms in total. The molecule has 21 heavy (non-hydrogen) atoms. The Balaban J connectivity index is 1.59. The monoisotopic (exact) mass is 306 g/mol. The van der Waals surface area contributed by atoms with Crippen LogP contribution in [0.2, 0.25) is 0 Å². The van der Waals surface area contributed by atoms with Crippen molar-refractivity contribution in [2.24, 2.45) is 0 Å². The molecule has 1 fully saturated rings. The van der Waals surface area contributed by atoms with Gasteiger partial charge < -0.3 is 10.2 Å². The third kappa shape index (κ3) is 3.05. The summed E-state index contributed by atoms with van der Waals surface area (Å²) >= 11 is 1.42. The molecule has 1 saturated heterocycles. The van der Waals surface area contributed by atoms with Crippen molar-refractivity contribution in [2.45, 2.75) is 25.8 Å². The van der Waals surface area contributed by atoms with E-state index in [1.807, 2.05) is 22.7 Å². The first-order valence-corrected chi connectivity index (χ1v) is 7.94. The number of carbonyl (C=O) groups is 1. The van der Waals surface area contributed by atoms with Crippen LogP contribution in [-0.2, 0) is 0 Å². The molecule has 3 heterocycles. The van der Waals surface area contributed by atoms with Crippen molar-refractivity contribution < 1.29 is 4.79 Å². The number of amides is 1. The minimum atomic E-state index is 0.0775. The third-order valence-electron chi connectivity index (χ3n) is 3.61. The summed E-state index contributed by atoms with van der Waals surface area (Å²) in [7, 11) is 0. The molecule has 8 heteroatoms. The first-order chi connectivity index (χ1) is 10.3. The largest absolute Gasteiger partial charge is 0.362 e. The van der Waals surface area contributed by atoms with Gasteiger partial charge >= 0.3 is 0 Å². The summed E-state index contributed by atoms with van der Waals surface area (Å²) in [5.41, 5.74) is 0. The number of piperidine rings is 1. The highest BCUT2D eigenvalue weighted by atomic mass is 32.1. The fourth-order valence-electron chi connectivity index (χ4n) is 2.51. The van der Waals surface area contributed by atoms with Crippen LogP contribution in [0, 0.1) is 0 Å². The van der Waals surface area contributed by atoms with Crippen LogP contribution in [-0.4, -0.2) is 50.4 Å². The number of likely N-dealkylation sites (tertiary alicyclic amines) is 1. The summed E-state index contributed by atoms with van der Waals surface area (Å²) in [6.45, 7) is 4.32. The summed E-state index contributed by atoms with van der Waals surface area (Å²) in [4.78, 5) is 19.3. The smallest absolute Gasteiger partial charge is 0.265 e. The number of nitrogens with one attached hydrogen (secondary N) is 1. The number of aromatic nitrogens is 4. The van der Waals surface area contributed by atoms with Gasteiger partial charge in [0.1, 0.15) is 4.88 Å². The zero-order valence-corrected chi connectivity index (χ0v) is 12.7. The summed E-state index contributed by atoms with van der Waals surface area (Å²) in [5.74, 6) is 0.0775. The van der Waals surface area contributed by atoms with Crippen LogP contribution in [0.15, 0.2) is 18.6 Å². The first-order valence-electron chi connectivity index (χ1n) is 7.12. The molecule has 2 aromatic heterocycles. The van der Waals surface area contributed by atoms with E-state index < -0.39 is 0 Å². The van der Waals surface area contributed by atoms with Crippen molar-refractivity contribution >= 4 is 22.4 Å². The van der Waals surface area contributed by atoms with Gasteiger partial charge in [-0.2, -0.15) is 0 Å². The minimum Gasteiger partial charge on any atom is -0.362 e. The van der Waals surface area contributed by atoms with Gasteiger partial charge in [0, 0.05) is 25.8 Å². The molecular weight excluding hydrogens is 288 g/mol. The molecular formula is C13H18N6OS. The number of anilines is 1. The molecule has 0 radical (unpaired) electrons. The average molecular weight is 306 g/mol. The van der Waals surface area contributed by atoms with E-state index >= 15 is 0 Å². The van der Waals surface area contributed by atoms with Crippen LogP contribution in [0.25, 0.3) is 0 Å². The number of carbonyl (C=O) groups excluding carboxylic acids is 1. The molecule has 0 atom stereocenters. The maximum Gasteiger partial charge on any atom is 0.265 e. The molecule has 0 aliphatic carbocycles. The van der Waals surface area contributed by atoms with E-state index in [4.69, 9.17) is 0 Å². The van der Waals surface area contributed by atoms with E-state index in [0.717, 1.165) is 37.6 Å². The predicted octanol–water partition coefficient (Wildman–Crippen LogP) is 1.64. The quantitative estimate of drug-likeness (QED) is 0.929. The summed E-state index contributed by atoms with van der Waals surface area (Å²) in [6.07, 6.45) is 7.06. The normalized spacial score (nSPS) is 16.1. The average Bonchev–Trinajstić information content (AvgIpc) is 3.19. The Labute approximate surface area is 127 Å². The highest BCUT2D eigenvalue weighted by Gasteiger charge is 2.26. The lowest BCUT2D eigenvalue weighted by atomic mass is 10.1. The van der Waals surface area contributed by atoms with Gasteiger partial charge in [-0.1, -0.05) is 16.6 Å². The van der Waals surface area contributed by atoms with Crippen LogP contribution in [0.3, 0.4) is 0 Å². The van der Waals surface area contributed by atoms with E-state index in [-0.39, 0.29) is 5.91 Å². The van der Waals surface area contributed by atoms with Gasteiger partial charge in [0.2, 0.25) is 0 Å². The molecule has 0 spiro atoms. The Hall–Kier alpha value is -1.96. The Morgan fingerprint density at radius 3 is 2.95 bits per heavy atom. The molecule has 112 valence electrons. The molecule has 1 N–H and O–H groups in total. The first kappa shape index (κ1) is 14.0. The number of hydrogen-bond acceptors (Lipinski definition) is 6. The van der Waals surface area contributed by atoms with Crippen molar-refractivity contribution in [2.75, 3.05) is 25.0 Å². The zero-order valence-electron chi connectivity index (χ0n) is 11.9. The number of nitrogens with zero attached hydrogens (tertiary/aromatic N) is 5. The van der Waals surface area contributed by atoms with Crippen molar-refractivity contribution in [3.63, 3.8) is 0 Å². The Morgan fingerprint density at radius 1 is 1.48 bits per heavy atom. The maximum atomic E-state index is 12.4. The lowest BCUT2D eigenvalue weighted by Gasteiger charge is -2.31. The second-order valence-electron chi connectivity index (χ2n) is 4.97. The Kier molecular flexibility index (Phi) is 4.14. The molecule has 1 aliphatic heterocycles. The van der Waals surface area contributed by atoms with Crippen molar-refractivity contribution in [3.8, 4) is 0 Å². The molecule has 2 aromatic rings. The molecule has 0 unspecified atom stereocenters. The maximum absolute atomic E-state index is 12.4. The van der Waals surface area contributed by atoms with Gasteiger partial charge in [-0.3, -0.25) is 4.79 Å². The van der Waals surface area contributed by atoms with Gasteiger partial charge in [-0.15, -0.1) is 5.10 Å². The summed E-state index contributed by atoms with van der Waals surface area (Å²) in [5, 5.41) is 11.8. The molecule has 0 aromatic carbocycles. The molecule has 1 aliphatic rings. The Bertz CT molecular complexity index is 588. The fraction of sp³-hybridized carbons (Fsp3) is 0.538. The van der Waals surface area contributed by atoms with Crippen LogP contribution >= 0.6 is 11.3 Å². The van der Waals surface area contributed by atoms with E-state index in [2.05, 4.69) is 20.6 Å². The van der Waals surface area contributed by atoms with Gasteiger partial charge in [0.15, 0.2) is 5.13 Å². The zero-order chi connectivity index (χ0) is 14.7. The van der Waals surface area contributed by atoms with Gasteiger partial charge in [0.05, 0.1) is 18.4 Å². The molecule has 0 saturated carbocycles. The van der Waals surface area contributed by atoms with Gasteiger partial charge in [0.25, 0.3) is 5.91 Å². The van der Waals surface area contributed by atoms with E-state index in [0.29, 0.717) is 10.9 Å². The van der Waals surface area contributed by atoms with E-state index in [9.17, 15) is 4.79 Å². The van der Waals surface area contributed by atoms with Crippen LogP contribution in [0.5, 0.6) is 0 Å². The highest BCUT2D eigenvalue weighted by Crippen LogP contribution is 2.25. The van der Waals surface area contributed by atoms with Crippen molar-refractivity contribution in [3.05, 3.63) is 23.5 Å². The highest BCUT2D eigenvalue weighted by molar-refractivity contribution is 7.17. The van der Waals surface area contributed by atoms with Crippen LogP contribution in [0.1, 0.15) is 35.5 Å². The number of thiazole rings is 1. The Morgan fingerprint density at radius 2 is 2.29 bits per heavy atom. The topological polar surface area (TPSA) is 75.9 Å². The lowest BCUT2D eigenvalue weighted by Crippen LogP contribution is -2.38. The second kappa shape index (κ2) is 6.21. The minimum absolute atomic E-state index is 0.0775. The molecule has 0 bridgehead atoms. The molecule has 1 amide bonds. The second-order valence-corrected chi connectivity index (χ2v) is 6.00. The predicted molar refractivity (Wildman–Crippen MR) is 80.5 cm³/mol. The summed E-state index contributed by atoms with van der Waals surface area (Å²) in [6, 6.07) is 0.343.